The monoisotopic (exact) mass is 594 g/mol. The van der Waals surface area contributed by atoms with Gasteiger partial charge in [-0.1, -0.05) is 103 Å². The number of carbonyl (C=O) groups excluding carboxylic acids is 1. The van der Waals surface area contributed by atoms with Crippen LogP contribution < -0.4 is 19.6 Å². The molecule has 5 aromatic rings. The normalized spacial score (nSPS) is 14.9. The molecule has 6 nitrogen and oxygen atoms in total. The smallest absolute Gasteiger partial charge is 0.338 e. The van der Waals surface area contributed by atoms with Gasteiger partial charge in [-0.15, -0.1) is 0 Å². The van der Waals surface area contributed by atoms with Gasteiger partial charge in [-0.3, -0.25) is 9.36 Å². The first-order valence-corrected chi connectivity index (χ1v) is 14.7. The van der Waals surface area contributed by atoms with Gasteiger partial charge in [-0.05, 0) is 52.6 Å². The zero-order valence-corrected chi connectivity index (χ0v) is 24.6. The predicted octanol–water partition coefficient (Wildman–Crippen LogP) is 6.18. The first-order valence-electron chi connectivity index (χ1n) is 13.6. The number of ether oxygens (including phenoxy) is 2. The average Bonchev–Trinajstić information content (AvgIpc) is 3.33. The molecule has 6 rings (SSSR count). The van der Waals surface area contributed by atoms with Crippen molar-refractivity contribution in [3.05, 3.63) is 144 Å². The molecule has 1 aliphatic heterocycles. The van der Waals surface area contributed by atoms with E-state index in [4.69, 9.17) is 26.1 Å². The number of nitrogens with zero attached hydrogens (tertiary/aromatic N) is 2. The van der Waals surface area contributed by atoms with E-state index in [0.717, 1.165) is 21.9 Å². The maximum absolute atomic E-state index is 14.0. The minimum absolute atomic E-state index is 0.260. The standard InChI is InChI=1S/C34H27ClN2O4S/c1-3-27-30(33(39)40-2)31(22-11-5-4-6-12-22)37-32(38)29(42-34(37)36-27)19-24-18-25(35)16-17-28(24)41-20-23-14-9-13-21-10-7-8-15-26(21)23/h4-19,31H,3,20H2,1-2H3/b29-19+/t31-/m1/s1. The summed E-state index contributed by atoms with van der Waals surface area (Å²) in [7, 11) is 1.34. The van der Waals surface area contributed by atoms with Crippen LogP contribution in [0.15, 0.2) is 112 Å². The Balaban J connectivity index is 1.45. The fraction of sp³-hybridized carbons (Fsp3) is 0.147. The predicted molar refractivity (Wildman–Crippen MR) is 167 cm³/mol. The number of carbonyl (C=O) groups is 1. The minimum Gasteiger partial charge on any atom is -0.488 e. The molecule has 210 valence electrons. The van der Waals surface area contributed by atoms with Gasteiger partial charge in [-0.2, -0.15) is 0 Å². The number of rotatable bonds is 7. The number of methoxy groups -OCH3 is 1. The molecule has 0 saturated carbocycles. The van der Waals surface area contributed by atoms with Crippen LogP contribution in [0.4, 0.5) is 0 Å². The van der Waals surface area contributed by atoms with Crippen LogP contribution in [0.2, 0.25) is 5.02 Å². The summed E-state index contributed by atoms with van der Waals surface area (Å²) >= 11 is 7.67. The van der Waals surface area contributed by atoms with E-state index in [2.05, 4.69) is 18.2 Å². The minimum atomic E-state index is -0.659. The number of hydrogen-bond acceptors (Lipinski definition) is 6. The van der Waals surface area contributed by atoms with Gasteiger partial charge in [0.15, 0.2) is 4.80 Å². The molecule has 0 aliphatic carbocycles. The van der Waals surface area contributed by atoms with Gasteiger partial charge in [0.05, 0.1) is 29.0 Å². The molecule has 1 aromatic heterocycles. The van der Waals surface area contributed by atoms with E-state index < -0.39 is 12.0 Å². The third-order valence-corrected chi connectivity index (χ3v) is 8.51. The molecule has 1 atom stereocenters. The summed E-state index contributed by atoms with van der Waals surface area (Å²) in [5.41, 5.74) is 3.24. The van der Waals surface area contributed by atoms with Crippen molar-refractivity contribution in [1.29, 1.82) is 0 Å². The summed E-state index contributed by atoms with van der Waals surface area (Å²) in [5, 5.41) is 2.79. The molecule has 4 aromatic carbocycles. The number of esters is 1. The van der Waals surface area contributed by atoms with Crippen LogP contribution in [0.5, 0.6) is 5.75 Å². The molecule has 0 bridgehead atoms. The molecule has 1 aliphatic rings. The second kappa shape index (κ2) is 11.8. The Kier molecular flexibility index (Phi) is 7.78. The van der Waals surface area contributed by atoms with E-state index in [-0.39, 0.29) is 5.56 Å². The highest BCUT2D eigenvalue weighted by Gasteiger charge is 2.33. The summed E-state index contributed by atoms with van der Waals surface area (Å²) in [4.78, 5) is 32.3. The second-order valence-electron chi connectivity index (χ2n) is 9.81. The quantitative estimate of drug-likeness (QED) is 0.211. The number of benzene rings is 4. The Bertz CT molecular complexity index is 2020. The topological polar surface area (TPSA) is 69.9 Å². The number of hydrogen-bond donors (Lipinski definition) is 0. The molecule has 0 spiro atoms. The molecule has 0 amide bonds. The van der Waals surface area contributed by atoms with E-state index in [9.17, 15) is 9.59 Å². The lowest BCUT2D eigenvalue weighted by molar-refractivity contribution is -0.136. The highest BCUT2D eigenvalue weighted by Crippen LogP contribution is 2.32. The number of halogens is 1. The van der Waals surface area contributed by atoms with Crippen LogP contribution in [0.25, 0.3) is 16.8 Å². The molecule has 0 saturated heterocycles. The summed E-state index contributed by atoms with van der Waals surface area (Å²) in [6.07, 6.45) is 2.29. The molecule has 0 N–H and O–H groups in total. The molecular formula is C34H27ClN2O4S. The molecule has 0 unspecified atom stereocenters. The lowest BCUT2D eigenvalue weighted by atomic mass is 9.95. The number of fused-ring (bicyclic) bond motifs is 2. The zero-order valence-electron chi connectivity index (χ0n) is 23.0. The summed E-state index contributed by atoms with van der Waals surface area (Å²) in [6.45, 7) is 2.28. The highest BCUT2D eigenvalue weighted by molar-refractivity contribution is 7.07. The van der Waals surface area contributed by atoms with Crippen LogP contribution in [0.3, 0.4) is 0 Å². The van der Waals surface area contributed by atoms with Gasteiger partial charge in [0.1, 0.15) is 12.4 Å². The van der Waals surface area contributed by atoms with Crippen molar-refractivity contribution in [2.75, 3.05) is 7.11 Å². The number of thiazole rings is 1. The van der Waals surface area contributed by atoms with E-state index in [1.54, 1.807) is 22.8 Å². The van der Waals surface area contributed by atoms with Gasteiger partial charge in [0.2, 0.25) is 0 Å². The molecular weight excluding hydrogens is 568 g/mol. The third-order valence-electron chi connectivity index (χ3n) is 7.29. The fourth-order valence-electron chi connectivity index (χ4n) is 5.29. The van der Waals surface area contributed by atoms with E-state index >= 15 is 0 Å². The maximum Gasteiger partial charge on any atom is 0.338 e. The van der Waals surface area contributed by atoms with E-state index in [1.165, 1.54) is 18.4 Å². The van der Waals surface area contributed by atoms with Gasteiger partial charge in [0, 0.05) is 10.6 Å². The SMILES string of the molecule is CCC1=C(C(=O)OC)[C@@H](c2ccccc2)n2c(s/c(=C/c3cc(Cl)ccc3OCc3cccc4ccccc34)c2=O)=N1. The fourth-order valence-corrected chi connectivity index (χ4v) is 6.48. The number of aromatic nitrogens is 1. The van der Waals surface area contributed by atoms with Crippen LogP contribution in [-0.2, 0) is 16.1 Å². The van der Waals surface area contributed by atoms with Crippen molar-refractivity contribution >= 4 is 45.8 Å². The third kappa shape index (κ3) is 5.17. The van der Waals surface area contributed by atoms with E-state index in [1.807, 2.05) is 67.6 Å². The average molecular weight is 595 g/mol. The van der Waals surface area contributed by atoms with E-state index in [0.29, 0.717) is 50.0 Å². The maximum atomic E-state index is 14.0. The van der Waals surface area contributed by atoms with Crippen molar-refractivity contribution in [1.82, 2.24) is 4.57 Å². The number of allylic oxidation sites excluding steroid dienone is 1. The molecule has 0 fully saturated rings. The molecule has 0 radical (unpaired) electrons. The molecule has 2 heterocycles. The second-order valence-corrected chi connectivity index (χ2v) is 11.3. The van der Waals surface area contributed by atoms with Crippen molar-refractivity contribution in [2.24, 2.45) is 4.99 Å². The Morgan fingerprint density at radius 2 is 1.79 bits per heavy atom. The van der Waals surface area contributed by atoms with Crippen molar-refractivity contribution in [3.63, 3.8) is 0 Å². The Morgan fingerprint density at radius 3 is 2.57 bits per heavy atom. The largest absolute Gasteiger partial charge is 0.488 e. The van der Waals surface area contributed by atoms with Crippen molar-refractivity contribution in [2.45, 2.75) is 26.0 Å². The Labute approximate surface area is 251 Å². The summed E-state index contributed by atoms with van der Waals surface area (Å²) < 4.78 is 13.5. The summed E-state index contributed by atoms with van der Waals surface area (Å²) in [5.74, 6) is 0.0972. The first-order chi connectivity index (χ1) is 20.5. The van der Waals surface area contributed by atoms with Gasteiger partial charge in [-0.25, -0.2) is 9.79 Å². The van der Waals surface area contributed by atoms with Gasteiger partial charge < -0.3 is 9.47 Å². The Morgan fingerprint density at radius 1 is 1.02 bits per heavy atom. The van der Waals surface area contributed by atoms with Crippen LogP contribution in [0, 0.1) is 0 Å². The Hall–Kier alpha value is -4.46. The molecule has 42 heavy (non-hydrogen) atoms. The van der Waals surface area contributed by atoms with Crippen molar-refractivity contribution in [3.8, 4) is 5.75 Å². The van der Waals surface area contributed by atoms with Crippen LogP contribution >= 0.6 is 22.9 Å². The first kappa shape index (κ1) is 27.7. The van der Waals surface area contributed by atoms with Gasteiger partial charge >= 0.3 is 5.97 Å². The lowest BCUT2D eigenvalue weighted by Crippen LogP contribution is -2.40. The zero-order chi connectivity index (χ0) is 29.2. The van der Waals surface area contributed by atoms with Crippen molar-refractivity contribution < 1.29 is 14.3 Å². The summed E-state index contributed by atoms with van der Waals surface area (Å²) in [6, 6.07) is 28.5. The van der Waals surface area contributed by atoms with Crippen LogP contribution in [-0.4, -0.2) is 17.6 Å². The van der Waals surface area contributed by atoms with Gasteiger partial charge in [0.25, 0.3) is 5.56 Å². The molecule has 8 heteroatoms. The highest BCUT2D eigenvalue weighted by atomic mass is 35.5. The van der Waals surface area contributed by atoms with Crippen LogP contribution in [0.1, 0.15) is 36.1 Å². The lowest BCUT2D eigenvalue weighted by Gasteiger charge is -2.25.